The highest BCUT2D eigenvalue weighted by molar-refractivity contribution is 14.1. The van der Waals surface area contributed by atoms with Gasteiger partial charge in [0.25, 0.3) is 5.91 Å². The summed E-state index contributed by atoms with van der Waals surface area (Å²) in [7, 11) is 1.59. The molecule has 0 spiro atoms. The van der Waals surface area contributed by atoms with Gasteiger partial charge in [0, 0.05) is 12.1 Å². The summed E-state index contributed by atoms with van der Waals surface area (Å²) in [6, 6.07) is 22.3. The van der Waals surface area contributed by atoms with Gasteiger partial charge in [-0.25, -0.2) is 0 Å². The van der Waals surface area contributed by atoms with Crippen molar-refractivity contribution in [3.63, 3.8) is 0 Å². The first-order valence-corrected chi connectivity index (χ1v) is 11.9. The zero-order valence-electron chi connectivity index (χ0n) is 18.1. The zero-order valence-corrected chi connectivity index (χ0v) is 21.9. The normalized spacial score (nSPS) is 10.7. The molecule has 6 nitrogen and oxygen atoms in total. The molecule has 0 saturated heterocycles. The van der Waals surface area contributed by atoms with Crippen LogP contribution in [0.4, 0.5) is 0 Å². The molecule has 0 heterocycles. The van der Waals surface area contributed by atoms with Crippen LogP contribution in [0.1, 0.15) is 22.3 Å². The Kier molecular flexibility index (Phi) is 9.08. The summed E-state index contributed by atoms with van der Waals surface area (Å²) in [4.78, 5) is 12.5. The lowest BCUT2D eigenvalue weighted by Gasteiger charge is -2.12. The molecule has 0 aromatic heterocycles. The SMILES string of the molecule is COc1ccc(CNC(=O)/C(C#N)=C\c2cc(Br)c(OCc3ccccc3C#N)c(I)c2)cc1. The second-order valence-electron chi connectivity index (χ2n) is 7.07. The van der Waals surface area contributed by atoms with Crippen LogP contribution >= 0.6 is 38.5 Å². The van der Waals surface area contributed by atoms with Gasteiger partial charge in [-0.3, -0.25) is 4.79 Å². The van der Waals surface area contributed by atoms with E-state index in [9.17, 15) is 15.3 Å². The number of benzene rings is 3. The molecule has 3 aromatic rings. The first kappa shape index (κ1) is 25.3. The molecule has 170 valence electrons. The third kappa shape index (κ3) is 6.60. The van der Waals surface area contributed by atoms with Gasteiger partial charge in [0.15, 0.2) is 0 Å². The molecule has 3 aromatic carbocycles. The average Bonchev–Trinajstić information content (AvgIpc) is 2.85. The number of nitriles is 2. The fraction of sp³-hybridized carbons (Fsp3) is 0.115. The largest absolute Gasteiger partial charge is 0.497 e. The molecule has 8 heteroatoms. The van der Waals surface area contributed by atoms with Gasteiger partial charge >= 0.3 is 0 Å². The van der Waals surface area contributed by atoms with Crippen molar-refractivity contribution in [1.82, 2.24) is 5.32 Å². The minimum absolute atomic E-state index is 0.00664. The summed E-state index contributed by atoms with van der Waals surface area (Å²) in [5.74, 6) is 0.889. The van der Waals surface area contributed by atoms with E-state index in [-0.39, 0.29) is 12.2 Å². The maximum atomic E-state index is 12.5. The Morgan fingerprint density at radius 3 is 2.53 bits per heavy atom. The lowest BCUT2D eigenvalue weighted by atomic mass is 10.1. The lowest BCUT2D eigenvalue weighted by Crippen LogP contribution is -2.23. The number of amides is 1. The molecule has 0 aliphatic rings. The van der Waals surface area contributed by atoms with Crippen LogP contribution in [0.5, 0.6) is 11.5 Å². The smallest absolute Gasteiger partial charge is 0.262 e. The van der Waals surface area contributed by atoms with Crippen molar-refractivity contribution in [2.45, 2.75) is 13.2 Å². The molecule has 0 saturated carbocycles. The molecule has 0 fully saturated rings. The van der Waals surface area contributed by atoms with Gasteiger partial charge in [-0.05, 0) is 86.1 Å². The van der Waals surface area contributed by atoms with Crippen molar-refractivity contribution in [2.75, 3.05) is 7.11 Å². The van der Waals surface area contributed by atoms with Crippen LogP contribution in [0, 0.1) is 26.2 Å². The van der Waals surface area contributed by atoms with Crippen LogP contribution in [-0.4, -0.2) is 13.0 Å². The number of halogens is 2. The number of methoxy groups -OCH3 is 1. The third-order valence-electron chi connectivity index (χ3n) is 4.82. The van der Waals surface area contributed by atoms with E-state index < -0.39 is 5.91 Å². The van der Waals surface area contributed by atoms with Crippen LogP contribution in [-0.2, 0) is 17.9 Å². The van der Waals surface area contributed by atoms with Crippen LogP contribution in [0.25, 0.3) is 6.08 Å². The predicted octanol–water partition coefficient (Wildman–Crippen LogP) is 5.74. The summed E-state index contributed by atoms with van der Waals surface area (Å²) >= 11 is 5.65. The fourth-order valence-electron chi connectivity index (χ4n) is 3.04. The molecule has 0 radical (unpaired) electrons. The fourth-order valence-corrected chi connectivity index (χ4v) is 4.81. The Labute approximate surface area is 220 Å². The number of hydrogen-bond donors (Lipinski definition) is 1. The van der Waals surface area contributed by atoms with E-state index >= 15 is 0 Å². The molecule has 1 N–H and O–H groups in total. The highest BCUT2D eigenvalue weighted by atomic mass is 127. The third-order valence-corrected chi connectivity index (χ3v) is 6.21. The molecule has 0 atom stereocenters. The number of nitrogens with zero attached hydrogens (tertiary/aromatic N) is 2. The Bertz CT molecular complexity index is 1290. The van der Waals surface area contributed by atoms with Gasteiger partial charge in [0.2, 0.25) is 0 Å². The standard InChI is InChI=1S/C26H19BrIN3O3/c1-33-22-8-6-17(7-9-22)15-31-26(32)21(14-30)10-18-11-23(27)25(24(28)12-18)34-16-20-5-3-2-4-19(20)13-29/h2-12H,15-16H2,1H3,(H,31,32)/b21-10-. The van der Waals surface area contributed by atoms with Crippen molar-refractivity contribution < 1.29 is 14.3 Å². The first-order chi connectivity index (χ1) is 16.4. The molecule has 0 aliphatic carbocycles. The van der Waals surface area contributed by atoms with E-state index in [1.807, 2.05) is 54.6 Å². The highest BCUT2D eigenvalue weighted by Crippen LogP contribution is 2.33. The summed E-state index contributed by atoms with van der Waals surface area (Å²) in [6.45, 7) is 0.532. The molecule has 0 bridgehead atoms. The van der Waals surface area contributed by atoms with E-state index in [4.69, 9.17) is 9.47 Å². The molecule has 3 rings (SSSR count). The maximum Gasteiger partial charge on any atom is 0.262 e. The second-order valence-corrected chi connectivity index (χ2v) is 9.09. The van der Waals surface area contributed by atoms with E-state index in [2.05, 4.69) is 49.9 Å². The molecular formula is C26H19BrIN3O3. The van der Waals surface area contributed by atoms with Crippen molar-refractivity contribution in [1.29, 1.82) is 10.5 Å². The summed E-state index contributed by atoms with van der Waals surface area (Å²) in [6.07, 6.45) is 1.53. The highest BCUT2D eigenvalue weighted by Gasteiger charge is 2.13. The number of hydrogen-bond acceptors (Lipinski definition) is 5. The lowest BCUT2D eigenvalue weighted by molar-refractivity contribution is -0.117. The van der Waals surface area contributed by atoms with Gasteiger partial charge in [0.1, 0.15) is 29.7 Å². The molecular weight excluding hydrogens is 609 g/mol. The monoisotopic (exact) mass is 627 g/mol. The van der Waals surface area contributed by atoms with Crippen LogP contribution in [0.2, 0.25) is 0 Å². The van der Waals surface area contributed by atoms with Crippen molar-refractivity contribution in [2.24, 2.45) is 0 Å². The van der Waals surface area contributed by atoms with Gasteiger partial charge in [-0.15, -0.1) is 0 Å². The van der Waals surface area contributed by atoms with E-state index in [1.165, 1.54) is 6.08 Å². The number of rotatable bonds is 8. The van der Waals surface area contributed by atoms with Crippen LogP contribution < -0.4 is 14.8 Å². The Balaban J connectivity index is 1.71. The van der Waals surface area contributed by atoms with Gasteiger partial charge in [-0.2, -0.15) is 10.5 Å². The predicted molar refractivity (Wildman–Crippen MR) is 141 cm³/mol. The zero-order chi connectivity index (χ0) is 24.5. The first-order valence-electron chi connectivity index (χ1n) is 10.1. The number of carbonyl (C=O) groups is 1. The minimum Gasteiger partial charge on any atom is -0.497 e. The van der Waals surface area contributed by atoms with E-state index in [0.717, 1.165) is 20.4 Å². The topological polar surface area (TPSA) is 95.1 Å². The van der Waals surface area contributed by atoms with Crippen LogP contribution in [0.15, 0.2) is 70.7 Å². The van der Waals surface area contributed by atoms with Crippen molar-refractivity contribution in [3.8, 4) is 23.6 Å². The summed E-state index contributed by atoms with van der Waals surface area (Å²) in [5.41, 5.74) is 2.91. The average molecular weight is 628 g/mol. The van der Waals surface area contributed by atoms with E-state index in [1.54, 1.807) is 19.2 Å². The summed E-state index contributed by atoms with van der Waals surface area (Å²) < 4.78 is 12.6. The molecule has 1 amide bonds. The van der Waals surface area contributed by atoms with Gasteiger partial charge < -0.3 is 14.8 Å². The summed E-state index contributed by atoms with van der Waals surface area (Å²) in [5, 5.41) is 21.5. The minimum atomic E-state index is -0.460. The van der Waals surface area contributed by atoms with Gasteiger partial charge in [-0.1, -0.05) is 30.3 Å². The number of carbonyl (C=O) groups excluding carboxylic acids is 1. The van der Waals surface area contributed by atoms with Gasteiger partial charge in [0.05, 0.1) is 26.8 Å². The Morgan fingerprint density at radius 1 is 1.15 bits per heavy atom. The molecule has 0 unspecified atom stereocenters. The maximum absolute atomic E-state index is 12.5. The molecule has 0 aliphatic heterocycles. The van der Waals surface area contributed by atoms with E-state index in [0.29, 0.717) is 27.9 Å². The van der Waals surface area contributed by atoms with Crippen LogP contribution in [0.3, 0.4) is 0 Å². The Morgan fingerprint density at radius 2 is 1.88 bits per heavy atom. The second kappa shape index (κ2) is 12.2. The quantitative estimate of drug-likeness (QED) is 0.195. The Hall–Kier alpha value is -3.34. The number of nitrogens with one attached hydrogen (secondary N) is 1. The number of ether oxygens (including phenoxy) is 2. The molecule has 34 heavy (non-hydrogen) atoms. The van der Waals surface area contributed by atoms with Crippen molar-refractivity contribution in [3.05, 3.63) is 96.5 Å². The van der Waals surface area contributed by atoms with Crippen molar-refractivity contribution >= 4 is 50.5 Å².